The number of aromatic nitrogens is 1. The van der Waals surface area contributed by atoms with E-state index < -0.39 is 0 Å². The van der Waals surface area contributed by atoms with Gasteiger partial charge in [0.15, 0.2) is 0 Å². The molecule has 0 radical (unpaired) electrons. The Hall–Kier alpha value is -3.45. The Bertz CT molecular complexity index is 1240. The minimum Gasteiger partial charge on any atom is -0.380 e. The van der Waals surface area contributed by atoms with Crippen molar-refractivity contribution >= 4 is 29.5 Å². The van der Waals surface area contributed by atoms with Crippen LogP contribution in [0.2, 0.25) is 0 Å². The zero-order chi connectivity index (χ0) is 25.1. The van der Waals surface area contributed by atoms with Crippen LogP contribution in [0, 0.1) is 17.3 Å². The minimum atomic E-state index is -0.280. The molecule has 0 atom stereocenters. The highest BCUT2D eigenvalue weighted by molar-refractivity contribution is 6.19. The van der Waals surface area contributed by atoms with Gasteiger partial charge in [-0.2, -0.15) is 0 Å². The summed E-state index contributed by atoms with van der Waals surface area (Å²) < 4.78 is 12.8. The Morgan fingerprint density at radius 1 is 1.28 bits per heavy atom. The number of nitrogens with one attached hydrogen (secondary N) is 3. The number of benzene rings is 1. The molecule has 0 unspecified atom stereocenters. The monoisotopic (exact) mass is 488 g/mol. The molecule has 9 heteroatoms. The molecule has 0 spiro atoms. The van der Waals surface area contributed by atoms with Crippen LogP contribution in [0.4, 0.5) is 11.5 Å². The number of anilines is 2. The van der Waals surface area contributed by atoms with E-state index in [1.54, 1.807) is 13.4 Å². The van der Waals surface area contributed by atoms with Crippen LogP contribution in [0.25, 0.3) is 0 Å². The maximum absolute atomic E-state index is 13.8. The van der Waals surface area contributed by atoms with E-state index in [0.29, 0.717) is 54.6 Å². The summed E-state index contributed by atoms with van der Waals surface area (Å²) in [5.74, 6) is 7.08. The Labute approximate surface area is 211 Å². The first kappa shape index (κ1) is 24.3. The van der Waals surface area contributed by atoms with Crippen LogP contribution in [0.1, 0.15) is 46.9 Å². The number of rotatable bonds is 6. The molecule has 1 saturated heterocycles. The van der Waals surface area contributed by atoms with Crippen molar-refractivity contribution in [3.05, 3.63) is 46.6 Å². The lowest BCUT2D eigenvalue weighted by Crippen LogP contribution is -2.36. The molecule has 1 aromatic carbocycles. The van der Waals surface area contributed by atoms with Gasteiger partial charge in [-0.3, -0.25) is 14.7 Å². The summed E-state index contributed by atoms with van der Waals surface area (Å²) in [6.07, 6.45) is 3.59. The largest absolute Gasteiger partial charge is 0.380 e. The third-order valence-electron chi connectivity index (χ3n) is 6.89. The van der Waals surface area contributed by atoms with Crippen molar-refractivity contribution in [2.24, 2.45) is 4.99 Å². The first-order valence-corrected chi connectivity index (χ1v) is 12.3. The molecule has 9 nitrogen and oxygen atoms in total. The fraction of sp³-hybridized carbons (Fsp3) is 0.444. The van der Waals surface area contributed by atoms with Gasteiger partial charge in [0.05, 0.1) is 56.1 Å². The minimum absolute atomic E-state index is 0.154. The predicted octanol–water partition coefficient (Wildman–Crippen LogP) is 2.90. The third-order valence-corrected chi connectivity index (χ3v) is 6.89. The van der Waals surface area contributed by atoms with Crippen molar-refractivity contribution in [1.82, 2.24) is 9.47 Å². The van der Waals surface area contributed by atoms with Gasteiger partial charge in [-0.05, 0) is 43.4 Å². The topological polar surface area (TPSA) is 104 Å². The summed E-state index contributed by atoms with van der Waals surface area (Å²) in [5.41, 5.74) is 3.49. The molecular formula is C27H32N6O3. The van der Waals surface area contributed by atoms with E-state index >= 15 is 0 Å². The van der Waals surface area contributed by atoms with Gasteiger partial charge in [0.1, 0.15) is 11.5 Å². The van der Waals surface area contributed by atoms with Crippen molar-refractivity contribution in [1.29, 1.82) is 5.41 Å². The third kappa shape index (κ3) is 4.93. The Balaban J connectivity index is 1.55. The van der Waals surface area contributed by atoms with Crippen LogP contribution in [0.3, 0.4) is 0 Å². The molecule has 36 heavy (non-hydrogen) atoms. The zero-order valence-corrected chi connectivity index (χ0v) is 20.8. The molecule has 3 aliphatic rings. The number of methoxy groups -OCH3 is 1. The van der Waals surface area contributed by atoms with Crippen LogP contribution in [-0.2, 0) is 21.6 Å². The summed E-state index contributed by atoms with van der Waals surface area (Å²) in [4.78, 5) is 20.3. The van der Waals surface area contributed by atoms with Crippen LogP contribution in [0.15, 0.2) is 29.3 Å². The van der Waals surface area contributed by atoms with Crippen molar-refractivity contribution in [3.63, 3.8) is 0 Å². The molecule has 5 rings (SSSR count). The summed E-state index contributed by atoms with van der Waals surface area (Å²) in [6, 6.07) is 7.58. The number of carbonyl (C=O) groups excluding carboxylic acids is 1. The van der Waals surface area contributed by atoms with Crippen LogP contribution < -0.4 is 10.6 Å². The molecule has 3 heterocycles. The summed E-state index contributed by atoms with van der Waals surface area (Å²) >= 11 is 0. The Morgan fingerprint density at radius 3 is 2.72 bits per heavy atom. The molecular weight excluding hydrogens is 456 g/mol. The summed E-state index contributed by atoms with van der Waals surface area (Å²) in [6.45, 7) is 6.60. The SMILES string of the molecule is COCc1ccc(NC(=O)c2c3c(n(C4(C)CC4)c2C#CCN2CCOCC2)NC=NCC3=N)cc1. The van der Waals surface area contributed by atoms with Crippen LogP contribution in [-0.4, -0.2) is 73.9 Å². The fourth-order valence-corrected chi connectivity index (χ4v) is 4.65. The van der Waals surface area contributed by atoms with Gasteiger partial charge in [0.25, 0.3) is 5.91 Å². The normalized spacial score (nSPS) is 18.4. The number of carbonyl (C=O) groups is 1. The second-order valence-electron chi connectivity index (χ2n) is 9.65. The Morgan fingerprint density at radius 2 is 2.03 bits per heavy atom. The van der Waals surface area contributed by atoms with Crippen molar-refractivity contribution in [2.45, 2.75) is 31.9 Å². The van der Waals surface area contributed by atoms with E-state index in [-0.39, 0.29) is 18.0 Å². The second-order valence-corrected chi connectivity index (χ2v) is 9.65. The maximum Gasteiger partial charge on any atom is 0.259 e. The van der Waals surface area contributed by atoms with Gasteiger partial charge in [-0.1, -0.05) is 18.1 Å². The van der Waals surface area contributed by atoms with E-state index in [1.807, 2.05) is 24.3 Å². The number of hydrogen-bond acceptors (Lipinski definition) is 7. The molecule has 188 valence electrons. The van der Waals surface area contributed by atoms with Gasteiger partial charge < -0.3 is 30.1 Å². The number of aliphatic imine (C=N–C) groups is 1. The van der Waals surface area contributed by atoms with Gasteiger partial charge in [0.2, 0.25) is 0 Å². The number of amides is 1. The molecule has 2 fully saturated rings. The standard InChI is InChI=1S/C27H32N6O3/c1-27(9-10-27)33-22(4-3-11-32-12-14-36-15-13-32)24(23-21(28)16-29-18-30-25(23)33)26(34)31-20-7-5-19(6-8-20)17-35-2/h5-8,18,28H,9-17H2,1-2H3,(H,29,30)(H,31,34). The molecule has 1 aliphatic carbocycles. The molecule has 3 N–H and O–H groups in total. The quantitative estimate of drug-likeness (QED) is 0.543. The van der Waals surface area contributed by atoms with Gasteiger partial charge in [-0.15, -0.1) is 0 Å². The van der Waals surface area contributed by atoms with E-state index in [4.69, 9.17) is 14.9 Å². The predicted molar refractivity (Wildman–Crippen MR) is 140 cm³/mol. The number of morpholine rings is 1. The fourth-order valence-electron chi connectivity index (χ4n) is 4.65. The van der Waals surface area contributed by atoms with Crippen LogP contribution in [0.5, 0.6) is 0 Å². The zero-order valence-electron chi connectivity index (χ0n) is 20.8. The van der Waals surface area contributed by atoms with E-state index in [1.165, 1.54) is 0 Å². The molecule has 2 aliphatic heterocycles. The van der Waals surface area contributed by atoms with Gasteiger partial charge in [0, 0.05) is 31.4 Å². The maximum atomic E-state index is 13.8. The lowest BCUT2D eigenvalue weighted by Gasteiger charge is -2.24. The highest BCUT2D eigenvalue weighted by atomic mass is 16.5. The summed E-state index contributed by atoms with van der Waals surface area (Å²) in [5, 5.41) is 15.0. The molecule has 0 bridgehead atoms. The average molecular weight is 489 g/mol. The van der Waals surface area contributed by atoms with E-state index in [0.717, 1.165) is 37.3 Å². The molecule has 1 aromatic heterocycles. The van der Waals surface area contributed by atoms with Gasteiger partial charge in [-0.25, -0.2) is 0 Å². The van der Waals surface area contributed by atoms with Crippen LogP contribution >= 0.6 is 0 Å². The van der Waals surface area contributed by atoms with Gasteiger partial charge >= 0.3 is 0 Å². The smallest absolute Gasteiger partial charge is 0.259 e. The number of ether oxygens (including phenoxy) is 2. The molecule has 1 amide bonds. The van der Waals surface area contributed by atoms with Crippen molar-refractivity contribution in [2.75, 3.05) is 57.1 Å². The van der Waals surface area contributed by atoms with E-state index in [2.05, 4.69) is 43.9 Å². The first-order chi connectivity index (χ1) is 17.5. The summed E-state index contributed by atoms with van der Waals surface area (Å²) in [7, 11) is 1.65. The average Bonchev–Trinajstić information content (AvgIpc) is 3.57. The van der Waals surface area contributed by atoms with Crippen molar-refractivity contribution < 1.29 is 14.3 Å². The number of fused-ring (bicyclic) bond motifs is 1. The number of nitrogens with zero attached hydrogens (tertiary/aromatic N) is 3. The lowest BCUT2D eigenvalue weighted by atomic mass is 10.0. The Kier molecular flexibility index (Phi) is 6.92. The van der Waals surface area contributed by atoms with E-state index in [9.17, 15) is 4.79 Å². The highest BCUT2D eigenvalue weighted by Gasteiger charge is 2.45. The highest BCUT2D eigenvalue weighted by Crippen LogP contribution is 2.48. The molecule has 2 aromatic rings. The first-order valence-electron chi connectivity index (χ1n) is 12.3. The second kappa shape index (κ2) is 10.3. The lowest BCUT2D eigenvalue weighted by molar-refractivity contribution is 0.0443. The van der Waals surface area contributed by atoms with Crippen molar-refractivity contribution in [3.8, 4) is 11.8 Å². The number of hydrogen-bond donors (Lipinski definition) is 3. The molecule has 1 saturated carbocycles.